The Morgan fingerprint density at radius 1 is 1.28 bits per heavy atom. The molecule has 0 heterocycles. The van der Waals surface area contributed by atoms with Gasteiger partial charge in [0.1, 0.15) is 10.9 Å². The zero-order chi connectivity index (χ0) is 18.8. The molecule has 1 aliphatic rings. The minimum Gasteiger partial charge on any atom is -0.337 e. The van der Waals surface area contributed by atoms with Crippen molar-refractivity contribution < 1.29 is 18.0 Å². The van der Waals surface area contributed by atoms with E-state index in [0.29, 0.717) is 17.3 Å². The Labute approximate surface area is 161 Å². The Morgan fingerprint density at radius 2 is 1.84 bits per heavy atom. The summed E-state index contributed by atoms with van der Waals surface area (Å²) in [7, 11) is 0. The van der Waals surface area contributed by atoms with Gasteiger partial charge in [0.25, 0.3) is 0 Å². The van der Waals surface area contributed by atoms with E-state index in [2.05, 4.69) is 26.6 Å². The number of halogens is 6. The smallest absolute Gasteiger partial charge is 0.337 e. The molecule has 0 radical (unpaired) electrons. The van der Waals surface area contributed by atoms with Gasteiger partial charge in [0.2, 0.25) is 5.91 Å². The predicted octanol–water partition coefficient (Wildman–Crippen LogP) is 3.77. The normalized spacial score (nSPS) is 18.7. The second-order valence-electron chi connectivity index (χ2n) is 6.02. The molecule has 1 amide bonds. The van der Waals surface area contributed by atoms with Crippen LogP contribution in [0.25, 0.3) is 0 Å². The van der Waals surface area contributed by atoms with Gasteiger partial charge >= 0.3 is 6.18 Å². The van der Waals surface area contributed by atoms with Crippen LogP contribution < -0.4 is 16.4 Å². The van der Waals surface area contributed by atoms with Crippen LogP contribution in [0.2, 0.25) is 0 Å². The lowest BCUT2D eigenvalue weighted by atomic mass is 10.0. The van der Waals surface area contributed by atoms with Gasteiger partial charge in [-0.2, -0.15) is 13.2 Å². The quantitative estimate of drug-likeness (QED) is 0.426. The van der Waals surface area contributed by atoms with E-state index in [4.69, 9.17) is 28.9 Å². The minimum atomic E-state index is -4.61. The maximum absolute atomic E-state index is 13.5. The molecule has 0 spiro atoms. The molecule has 25 heavy (non-hydrogen) atoms. The highest BCUT2D eigenvalue weighted by Crippen LogP contribution is 2.34. The minimum absolute atomic E-state index is 0.0249. The van der Waals surface area contributed by atoms with Crippen LogP contribution in [0.5, 0.6) is 0 Å². The van der Waals surface area contributed by atoms with E-state index in [1.165, 1.54) is 24.3 Å². The number of carbonyl (C=O) groups excluding carboxylic acids is 1. The highest BCUT2D eigenvalue weighted by Gasteiger charge is 2.45. The maximum Gasteiger partial charge on any atom is 0.407 e. The number of hydrogen-bond acceptors (Lipinski definition) is 3. The Morgan fingerprint density at radius 3 is 2.28 bits per heavy atom. The van der Waals surface area contributed by atoms with Crippen LogP contribution in [0, 0.1) is 0 Å². The third-order valence-electron chi connectivity index (χ3n) is 3.79. The van der Waals surface area contributed by atoms with Crippen LogP contribution in [0.4, 0.5) is 13.2 Å². The molecule has 140 valence electrons. The lowest BCUT2D eigenvalue weighted by Crippen LogP contribution is -2.54. The van der Waals surface area contributed by atoms with Crippen molar-refractivity contribution in [3.63, 3.8) is 0 Å². The van der Waals surface area contributed by atoms with Crippen LogP contribution in [0.1, 0.15) is 30.9 Å². The van der Waals surface area contributed by atoms with Gasteiger partial charge in [0.15, 0.2) is 0 Å². The van der Waals surface area contributed by atoms with Gasteiger partial charge in [-0.25, -0.2) is 0 Å². The lowest BCUT2D eigenvalue weighted by molar-refractivity contribution is -0.161. The first-order chi connectivity index (χ1) is 11.5. The van der Waals surface area contributed by atoms with Gasteiger partial charge in [0, 0.05) is 10.9 Å². The van der Waals surface area contributed by atoms with E-state index in [-0.39, 0.29) is 12.0 Å². The molecule has 0 unspecified atom stereocenters. The fraction of sp³-hybridized carbons (Fsp3) is 0.533. The van der Waals surface area contributed by atoms with E-state index >= 15 is 0 Å². The van der Waals surface area contributed by atoms with Gasteiger partial charge in [-0.3, -0.25) is 10.1 Å². The second-order valence-corrected chi connectivity index (χ2v) is 8.21. The predicted molar refractivity (Wildman–Crippen MR) is 94.3 cm³/mol. The molecule has 4 nitrogen and oxygen atoms in total. The molecule has 0 saturated heterocycles. The molecule has 0 aliphatic heterocycles. The van der Waals surface area contributed by atoms with Crippen molar-refractivity contribution in [3.05, 3.63) is 34.3 Å². The van der Waals surface area contributed by atoms with E-state index < -0.39 is 34.7 Å². The van der Waals surface area contributed by atoms with Gasteiger partial charge in [-0.1, -0.05) is 28.1 Å². The largest absolute Gasteiger partial charge is 0.407 e. The first-order valence-electron chi connectivity index (χ1n) is 7.47. The average molecular weight is 463 g/mol. The molecule has 2 rings (SSSR count). The summed E-state index contributed by atoms with van der Waals surface area (Å²) >= 11 is 14.6. The van der Waals surface area contributed by atoms with Gasteiger partial charge in [0.05, 0.1) is 11.7 Å². The van der Waals surface area contributed by atoms with Gasteiger partial charge < -0.3 is 11.1 Å². The molecule has 1 aromatic rings. The number of carbonyl (C=O) groups is 1. The zero-order valence-electron chi connectivity index (χ0n) is 12.9. The average Bonchev–Trinajstić information content (AvgIpc) is 3.20. The molecular formula is C15H17BrCl2F3N3O. The van der Waals surface area contributed by atoms with Crippen LogP contribution >= 0.6 is 39.1 Å². The van der Waals surface area contributed by atoms with Crippen LogP contribution in [-0.4, -0.2) is 28.6 Å². The summed E-state index contributed by atoms with van der Waals surface area (Å²) in [6, 6.07) is 2.36. The molecule has 1 fully saturated rings. The van der Waals surface area contributed by atoms with Crippen LogP contribution in [-0.2, 0) is 4.79 Å². The summed E-state index contributed by atoms with van der Waals surface area (Å²) in [5.74, 6) is -0.655. The summed E-state index contributed by atoms with van der Waals surface area (Å²) in [4.78, 5) is 11.3. The molecule has 1 saturated carbocycles. The van der Waals surface area contributed by atoms with Crippen molar-refractivity contribution in [2.24, 2.45) is 5.73 Å². The summed E-state index contributed by atoms with van der Waals surface area (Å²) < 4.78 is 41.2. The van der Waals surface area contributed by atoms with Crippen molar-refractivity contribution in [2.75, 3.05) is 0 Å². The van der Waals surface area contributed by atoms with Crippen LogP contribution in [0.3, 0.4) is 0 Å². The van der Waals surface area contributed by atoms with Crippen molar-refractivity contribution in [2.45, 2.75) is 48.0 Å². The number of hydrogen-bond donors (Lipinski definition) is 3. The molecule has 0 bridgehead atoms. The fourth-order valence-electron chi connectivity index (χ4n) is 2.26. The van der Waals surface area contributed by atoms with E-state index in [9.17, 15) is 18.0 Å². The monoisotopic (exact) mass is 461 g/mol. The van der Waals surface area contributed by atoms with E-state index in [0.717, 1.165) is 0 Å². The highest BCUT2D eigenvalue weighted by atomic mass is 79.9. The first-order valence-corrected chi connectivity index (χ1v) is 9.14. The zero-order valence-corrected chi connectivity index (χ0v) is 16.0. The Kier molecular flexibility index (Phi) is 6.65. The maximum atomic E-state index is 13.5. The molecule has 0 aromatic heterocycles. The third-order valence-corrected chi connectivity index (χ3v) is 4.67. The van der Waals surface area contributed by atoms with Crippen LogP contribution in [0.15, 0.2) is 28.7 Å². The van der Waals surface area contributed by atoms with Crippen molar-refractivity contribution >= 4 is 45.0 Å². The highest BCUT2D eigenvalue weighted by molar-refractivity contribution is 9.10. The standard InChI is InChI=1S/C15H17BrCl2F3N3O/c16-9-3-1-8(2-4-9)12(15(19,20)21)23-10(7-11(17)18)13(25)24-14(22)5-6-14/h1-4,10-12,23H,5-7,22H2,(H,24,25)/t10-,12-/m0/s1. The summed E-state index contributed by atoms with van der Waals surface area (Å²) in [6.45, 7) is 0. The number of rotatable bonds is 7. The van der Waals surface area contributed by atoms with Crippen molar-refractivity contribution in [1.29, 1.82) is 0 Å². The Bertz CT molecular complexity index is 609. The Hall–Kier alpha value is -0.540. The van der Waals surface area contributed by atoms with E-state index in [1.54, 1.807) is 0 Å². The first kappa shape index (κ1) is 20.8. The second kappa shape index (κ2) is 8.00. The summed E-state index contributed by atoms with van der Waals surface area (Å²) in [5.41, 5.74) is 4.93. The number of benzene rings is 1. The molecular weight excluding hydrogens is 446 g/mol. The number of nitrogens with two attached hydrogens (primary N) is 1. The Balaban J connectivity index is 2.21. The van der Waals surface area contributed by atoms with Gasteiger partial charge in [-0.05, 0) is 30.5 Å². The number of amides is 1. The SMILES string of the molecule is NC1(NC(=O)[C@H](CC(Cl)Cl)N[C@@H](c2ccc(Br)cc2)C(F)(F)F)CC1. The van der Waals surface area contributed by atoms with Gasteiger partial charge in [-0.15, -0.1) is 23.2 Å². The summed E-state index contributed by atoms with van der Waals surface area (Å²) in [6.07, 6.45) is -3.65. The molecule has 1 aliphatic carbocycles. The molecule has 1 aromatic carbocycles. The third kappa shape index (κ3) is 6.29. The van der Waals surface area contributed by atoms with Crippen molar-refractivity contribution in [3.8, 4) is 0 Å². The van der Waals surface area contributed by atoms with Crippen molar-refractivity contribution in [1.82, 2.24) is 10.6 Å². The number of nitrogens with one attached hydrogen (secondary N) is 2. The summed E-state index contributed by atoms with van der Waals surface area (Å²) in [5, 5.41) is 4.87. The fourth-order valence-corrected chi connectivity index (χ4v) is 2.88. The molecule has 10 heteroatoms. The molecule has 2 atom stereocenters. The molecule has 4 N–H and O–H groups in total. The topological polar surface area (TPSA) is 67.1 Å². The lowest BCUT2D eigenvalue weighted by Gasteiger charge is -2.28. The van der Waals surface area contributed by atoms with E-state index in [1.807, 2.05) is 0 Å². The number of alkyl halides is 5.